The van der Waals surface area contributed by atoms with E-state index in [1.807, 2.05) is 19.9 Å². The Balaban J connectivity index is 1.36. The average Bonchev–Trinajstić information content (AvgIpc) is 3.50. The number of rotatable bonds is 6. The van der Waals surface area contributed by atoms with E-state index in [0.29, 0.717) is 17.1 Å². The average molecular weight is 467 g/mol. The van der Waals surface area contributed by atoms with Crippen LogP contribution in [0.3, 0.4) is 0 Å². The zero-order valence-electron chi connectivity index (χ0n) is 19.2. The van der Waals surface area contributed by atoms with E-state index in [1.165, 1.54) is 4.88 Å². The summed E-state index contributed by atoms with van der Waals surface area (Å²) in [6, 6.07) is 4.09. The highest BCUT2D eigenvalue weighted by Crippen LogP contribution is 2.38. The minimum absolute atomic E-state index is 0.0858. The SMILES string of the molecule is Cc1cc(C)c2c(CC(=O)Nc3sc4c(c3C(=O)NCC3CCCO3)CCCC4)coc2c1. The van der Waals surface area contributed by atoms with Crippen LogP contribution in [-0.4, -0.2) is 31.1 Å². The Morgan fingerprint density at radius 2 is 2.00 bits per heavy atom. The van der Waals surface area contributed by atoms with Crippen LogP contribution >= 0.6 is 11.3 Å². The predicted octanol–water partition coefficient (Wildman–Crippen LogP) is 5.08. The number of furan rings is 1. The molecule has 174 valence electrons. The van der Waals surface area contributed by atoms with E-state index in [1.54, 1.807) is 17.6 Å². The van der Waals surface area contributed by atoms with Gasteiger partial charge in [-0.25, -0.2) is 0 Å². The number of hydrogen-bond acceptors (Lipinski definition) is 5. The van der Waals surface area contributed by atoms with Crippen molar-refractivity contribution in [1.29, 1.82) is 0 Å². The molecule has 0 saturated carbocycles. The summed E-state index contributed by atoms with van der Waals surface area (Å²) in [4.78, 5) is 27.5. The first-order chi connectivity index (χ1) is 16.0. The summed E-state index contributed by atoms with van der Waals surface area (Å²) in [6.07, 6.45) is 8.02. The lowest BCUT2D eigenvalue weighted by Gasteiger charge is -2.15. The molecule has 1 aliphatic carbocycles. The van der Waals surface area contributed by atoms with Crippen LogP contribution in [0.15, 0.2) is 22.8 Å². The van der Waals surface area contributed by atoms with Crippen LogP contribution in [0, 0.1) is 13.8 Å². The lowest BCUT2D eigenvalue weighted by Crippen LogP contribution is -2.32. The van der Waals surface area contributed by atoms with Gasteiger partial charge in [0.05, 0.1) is 24.4 Å². The standard InChI is InChI=1S/C26H30N2O4S/c1-15-10-16(2)23-17(14-32-20(23)11-15)12-22(29)28-26-24(19-7-3-4-8-21(19)33-26)25(30)27-13-18-6-5-9-31-18/h10-11,14,18H,3-9,12-13H2,1-2H3,(H,27,30)(H,28,29). The number of nitrogens with one attached hydrogen (secondary N) is 2. The zero-order chi connectivity index (χ0) is 22.9. The Morgan fingerprint density at radius 3 is 2.82 bits per heavy atom. The summed E-state index contributed by atoms with van der Waals surface area (Å²) in [6.45, 7) is 5.34. The molecule has 1 atom stereocenters. The van der Waals surface area contributed by atoms with Gasteiger partial charge in [-0.05, 0) is 75.1 Å². The van der Waals surface area contributed by atoms with Crippen molar-refractivity contribution >= 4 is 39.1 Å². The second kappa shape index (κ2) is 9.31. The maximum Gasteiger partial charge on any atom is 0.254 e. The van der Waals surface area contributed by atoms with Crippen molar-refractivity contribution in [1.82, 2.24) is 5.32 Å². The van der Waals surface area contributed by atoms with Gasteiger partial charge >= 0.3 is 0 Å². The largest absolute Gasteiger partial charge is 0.464 e. The number of ether oxygens (including phenoxy) is 1. The molecule has 5 rings (SSSR count). The van der Waals surface area contributed by atoms with Crippen molar-refractivity contribution in [3.63, 3.8) is 0 Å². The molecular formula is C26H30N2O4S. The Kier molecular flexibility index (Phi) is 6.25. The molecule has 1 aliphatic heterocycles. The first-order valence-electron chi connectivity index (χ1n) is 11.8. The Labute approximate surface area is 197 Å². The normalized spacial score (nSPS) is 17.8. The maximum absolute atomic E-state index is 13.2. The summed E-state index contributed by atoms with van der Waals surface area (Å²) in [5, 5.41) is 7.77. The third kappa shape index (κ3) is 4.57. The molecule has 1 saturated heterocycles. The zero-order valence-corrected chi connectivity index (χ0v) is 20.0. The Hall–Kier alpha value is -2.64. The van der Waals surface area contributed by atoms with E-state index in [0.717, 1.165) is 78.4 Å². The fraction of sp³-hybridized carbons (Fsp3) is 0.462. The first-order valence-corrected chi connectivity index (χ1v) is 12.6. The molecule has 1 unspecified atom stereocenters. The quantitative estimate of drug-likeness (QED) is 0.531. The molecule has 0 bridgehead atoms. The molecule has 0 radical (unpaired) electrons. The Morgan fingerprint density at radius 1 is 1.15 bits per heavy atom. The fourth-order valence-corrected chi connectivity index (χ4v) is 6.40. The number of carbonyl (C=O) groups is 2. The number of fused-ring (bicyclic) bond motifs is 2. The summed E-state index contributed by atoms with van der Waals surface area (Å²) in [5.41, 5.74) is 5.65. The molecule has 7 heteroatoms. The van der Waals surface area contributed by atoms with Crippen molar-refractivity contribution < 1.29 is 18.7 Å². The Bertz CT molecular complexity index is 1200. The van der Waals surface area contributed by atoms with Gasteiger partial charge in [0, 0.05) is 29.0 Å². The smallest absolute Gasteiger partial charge is 0.254 e. The van der Waals surface area contributed by atoms with E-state index in [-0.39, 0.29) is 24.3 Å². The summed E-state index contributed by atoms with van der Waals surface area (Å²) in [5.74, 6) is -0.246. The summed E-state index contributed by atoms with van der Waals surface area (Å²) in [7, 11) is 0. The minimum Gasteiger partial charge on any atom is -0.464 e. The van der Waals surface area contributed by atoms with Crippen molar-refractivity contribution in [2.75, 3.05) is 18.5 Å². The monoisotopic (exact) mass is 466 g/mol. The molecule has 3 heterocycles. The molecule has 1 fully saturated rings. The topological polar surface area (TPSA) is 80.6 Å². The molecule has 2 amide bonds. The number of thiophene rings is 1. The van der Waals surface area contributed by atoms with Gasteiger partial charge in [-0.1, -0.05) is 6.07 Å². The first kappa shape index (κ1) is 22.2. The molecule has 6 nitrogen and oxygen atoms in total. The van der Waals surface area contributed by atoms with Crippen LogP contribution < -0.4 is 10.6 Å². The van der Waals surface area contributed by atoms with Crippen LogP contribution in [0.5, 0.6) is 0 Å². The molecule has 0 spiro atoms. The highest BCUT2D eigenvalue weighted by molar-refractivity contribution is 7.17. The molecular weight excluding hydrogens is 436 g/mol. The molecule has 3 aromatic rings. The van der Waals surface area contributed by atoms with Crippen LogP contribution in [0.25, 0.3) is 11.0 Å². The van der Waals surface area contributed by atoms with E-state index in [4.69, 9.17) is 9.15 Å². The van der Waals surface area contributed by atoms with E-state index in [2.05, 4.69) is 16.7 Å². The third-order valence-corrected chi connectivity index (χ3v) is 7.82. The highest BCUT2D eigenvalue weighted by atomic mass is 32.1. The van der Waals surface area contributed by atoms with E-state index < -0.39 is 0 Å². The van der Waals surface area contributed by atoms with Crippen LogP contribution in [0.4, 0.5) is 5.00 Å². The second-order valence-corrected chi connectivity index (χ2v) is 10.3. The lowest BCUT2D eigenvalue weighted by atomic mass is 9.95. The number of carbonyl (C=O) groups excluding carboxylic acids is 2. The van der Waals surface area contributed by atoms with Crippen LogP contribution in [-0.2, 0) is 28.8 Å². The van der Waals surface area contributed by atoms with Gasteiger partial charge in [-0.15, -0.1) is 11.3 Å². The van der Waals surface area contributed by atoms with Crippen LogP contribution in [0.2, 0.25) is 0 Å². The molecule has 2 aromatic heterocycles. The van der Waals surface area contributed by atoms with Crippen molar-refractivity contribution in [2.24, 2.45) is 0 Å². The number of hydrogen-bond donors (Lipinski definition) is 2. The molecule has 1 aromatic carbocycles. The highest BCUT2D eigenvalue weighted by Gasteiger charge is 2.27. The van der Waals surface area contributed by atoms with Gasteiger partial charge in [0.15, 0.2) is 0 Å². The summed E-state index contributed by atoms with van der Waals surface area (Å²) < 4.78 is 11.4. The minimum atomic E-state index is -0.135. The second-order valence-electron chi connectivity index (χ2n) is 9.20. The number of anilines is 1. The molecule has 2 N–H and O–H groups in total. The lowest BCUT2D eigenvalue weighted by molar-refractivity contribution is -0.115. The number of benzene rings is 1. The maximum atomic E-state index is 13.2. The summed E-state index contributed by atoms with van der Waals surface area (Å²) >= 11 is 1.55. The van der Waals surface area contributed by atoms with Crippen molar-refractivity contribution in [2.45, 2.75) is 64.9 Å². The number of aryl methyl sites for hydroxylation is 3. The molecule has 33 heavy (non-hydrogen) atoms. The van der Waals surface area contributed by atoms with Crippen molar-refractivity contribution in [3.05, 3.63) is 51.1 Å². The van der Waals surface area contributed by atoms with Gasteiger partial charge in [-0.3, -0.25) is 9.59 Å². The van der Waals surface area contributed by atoms with Gasteiger partial charge in [0.1, 0.15) is 10.6 Å². The predicted molar refractivity (Wildman–Crippen MR) is 130 cm³/mol. The third-order valence-electron chi connectivity index (χ3n) is 6.61. The molecule has 2 aliphatic rings. The van der Waals surface area contributed by atoms with E-state index in [9.17, 15) is 9.59 Å². The van der Waals surface area contributed by atoms with Crippen molar-refractivity contribution in [3.8, 4) is 0 Å². The van der Waals surface area contributed by atoms with Crippen LogP contribution in [0.1, 0.15) is 63.2 Å². The van der Waals surface area contributed by atoms with Gasteiger partial charge in [0.2, 0.25) is 5.91 Å². The van der Waals surface area contributed by atoms with Gasteiger partial charge in [0.25, 0.3) is 5.91 Å². The van der Waals surface area contributed by atoms with E-state index >= 15 is 0 Å². The number of amides is 2. The van der Waals surface area contributed by atoms with Gasteiger partial charge in [-0.2, -0.15) is 0 Å². The van der Waals surface area contributed by atoms with Gasteiger partial charge < -0.3 is 19.8 Å². The fourth-order valence-electron chi connectivity index (χ4n) is 5.09.